The lowest BCUT2D eigenvalue weighted by atomic mass is 10.2. The Bertz CT molecular complexity index is 682. The van der Waals surface area contributed by atoms with Gasteiger partial charge in [-0.1, -0.05) is 6.07 Å². The van der Waals surface area contributed by atoms with Crippen LogP contribution >= 0.6 is 15.9 Å². The maximum atomic E-state index is 14.3. The predicted octanol–water partition coefficient (Wildman–Crippen LogP) is 4.24. The van der Waals surface area contributed by atoms with E-state index in [4.69, 9.17) is 10.00 Å². The van der Waals surface area contributed by atoms with E-state index in [0.717, 1.165) is 5.69 Å². The molecule has 20 heavy (non-hydrogen) atoms. The number of halogens is 2. The lowest BCUT2D eigenvalue weighted by Crippen LogP contribution is -2.11. The van der Waals surface area contributed by atoms with Crippen molar-refractivity contribution < 1.29 is 9.13 Å². The van der Waals surface area contributed by atoms with Crippen molar-refractivity contribution in [3.8, 4) is 11.8 Å². The minimum absolute atomic E-state index is 0.173. The topological polar surface area (TPSA) is 36.3 Å². The fourth-order valence-corrected chi connectivity index (χ4v) is 2.27. The zero-order chi connectivity index (χ0) is 14.7. The van der Waals surface area contributed by atoms with Crippen LogP contribution in [0.15, 0.2) is 40.9 Å². The normalized spacial score (nSPS) is 9.95. The number of nitrogens with zero attached hydrogens (tertiary/aromatic N) is 2. The number of hydrogen-bond acceptors (Lipinski definition) is 3. The lowest BCUT2D eigenvalue weighted by molar-refractivity contribution is 0.415. The van der Waals surface area contributed by atoms with Crippen molar-refractivity contribution >= 4 is 27.3 Å². The van der Waals surface area contributed by atoms with Gasteiger partial charge in [0.05, 0.1) is 22.8 Å². The van der Waals surface area contributed by atoms with Crippen LogP contribution in [0.2, 0.25) is 0 Å². The van der Waals surface area contributed by atoms with Gasteiger partial charge in [0.25, 0.3) is 0 Å². The molecule has 5 heteroatoms. The van der Waals surface area contributed by atoms with Crippen molar-refractivity contribution in [2.75, 3.05) is 19.1 Å². The van der Waals surface area contributed by atoms with E-state index in [1.807, 2.05) is 30.3 Å². The Hall–Kier alpha value is -2.06. The number of ether oxygens (including phenoxy) is 1. The molecule has 102 valence electrons. The molecule has 0 fully saturated rings. The Balaban J connectivity index is 2.46. The molecule has 0 saturated carbocycles. The van der Waals surface area contributed by atoms with E-state index in [9.17, 15) is 4.39 Å². The zero-order valence-electron chi connectivity index (χ0n) is 11.0. The number of nitriles is 1. The van der Waals surface area contributed by atoms with Gasteiger partial charge in [0, 0.05) is 18.8 Å². The Morgan fingerprint density at radius 2 is 2.05 bits per heavy atom. The molecule has 3 nitrogen and oxygen atoms in total. The van der Waals surface area contributed by atoms with Crippen LogP contribution in [-0.2, 0) is 0 Å². The summed E-state index contributed by atoms with van der Waals surface area (Å²) < 4.78 is 19.6. The SMILES string of the molecule is COc1cccc(N(C)c2ccc(C#N)c(Br)c2F)c1. The first-order chi connectivity index (χ1) is 9.58. The van der Waals surface area contributed by atoms with Gasteiger partial charge in [-0.2, -0.15) is 5.26 Å². The summed E-state index contributed by atoms with van der Waals surface area (Å²) in [6.07, 6.45) is 0. The molecule has 2 aromatic carbocycles. The molecule has 0 amide bonds. The average Bonchev–Trinajstić information content (AvgIpc) is 2.49. The van der Waals surface area contributed by atoms with Gasteiger partial charge >= 0.3 is 0 Å². The molecule has 0 atom stereocenters. The lowest BCUT2D eigenvalue weighted by Gasteiger charge is -2.21. The fraction of sp³-hybridized carbons (Fsp3) is 0.133. The molecule has 0 heterocycles. The first-order valence-electron chi connectivity index (χ1n) is 5.84. The van der Waals surface area contributed by atoms with E-state index in [-0.39, 0.29) is 10.0 Å². The van der Waals surface area contributed by atoms with Crippen LogP contribution in [0.1, 0.15) is 5.56 Å². The number of hydrogen-bond donors (Lipinski definition) is 0. The number of benzene rings is 2. The third-order valence-electron chi connectivity index (χ3n) is 2.98. The van der Waals surface area contributed by atoms with Gasteiger partial charge in [0.2, 0.25) is 0 Å². The zero-order valence-corrected chi connectivity index (χ0v) is 12.6. The number of methoxy groups -OCH3 is 1. The molecule has 0 unspecified atom stereocenters. The highest BCUT2D eigenvalue weighted by Gasteiger charge is 2.15. The van der Waals surface area contributed by atoms with Gasteiger partial charge in [-0.3, -0.25) is 0 Å². The van der Waals surface area contributed by atoms with Gasteiger partial charge < -0.3 is 9.64 Å². The molecule has 0 radical (unpaired) electrons. The summed E-state index contributed by atoms with van der Waals surface area (Å²) in [6.45, 7) is 0. The summed E-state index contributed by atoms with van der Waals surface area (Å²) in [6, 6.07) is 12.4. The third kappa shape index (κ3) is 2.61. The highest BCUT2D eigenvalue weighted by atomic mass is 79.9. The summed E-state index contributed by atoms with van der Waals surface area (Å²) in [5, 5.41) is 8.88. The first-order valence-corrected chi connectivity index (χ1v) is 6.63. The fourth-order valence-electron chi connectivity index (χ4n) is 1.84. The summed E-state index contributed by atoms with van der Waals surface area (Å²) >= 11 is 3.11. The highest BCUT2D eigenvalue weighted by Crippen LogP contribution is 2.33. The van der Waals surface area contributed by atoms with Crippen LogP contribution in [0.4, 0.5) is 15.8 Å². The smallest absolute Gasteiger partial charge is 0.162 e. The van der Waals surface area contributed by atoms with Gasteiger partial charge in [0.1, 0.15) is 11.8 Å². The molecule has 0 bridgehead atoms. The monoisotopic (exact) mass is 334 g/mol. The Kier molecular flexibility index (Phi) is 4.26. The molecular weight excluding hydrogens is 323 g/mol. The van der Waals surface area contributed by atoms with E-state index < -0.39 is 5.82 Å². The molecule has 2 rings (SSSR count). The molecule has 0 saturated heterocycles. The Labute approximate surface area is 125 Å². The van der Waals surface area contributed by atoms with Crippen molar-refractivity contribution in [2.24, 2.45) is 0 Å². The van der Waals surface area contributed by atoms with Crippen molar-refractivity contribution in [1.82, 2.24) is 0 Å². The van der Waals surface area contributed by atoms with Crippen LogP contribution in [0, 0.1) is 17.1 Å². The minimum atomic E-state index is -0.464. The van der Waals surface area contributed by atoms with E-state index in [1.54, 1.807) is 31.2 Å². The van der Waals surface area contributed by atoms with Crippen LogP contribution in [0.25, 0.3) is 0 Å². The second-order valence-electron chi connectivity index (χ2n) is 4.13. The van der Waals surface area contributed by atoms with Crippen molar-refractivity contribution in [3.05, 3.63) is 52.3 Å². The number of anilines is 2. The van der Waals surface area contributed by atoms with Gasteiger partial charge in [-0.15, -0.1) is 0 Å². The maximum absolute atomic E-state index is 14.3. The molecule has 0 aliphatic carbocycles. The quantitative estimate of drug-likeness (QED) is 0.842. The van der Waals surface area contributed by atoms with E-state index in [2.05, 4.69) is 15.9 Å². The Morgan fingerprint density at radius 3 is 2.70 bits per heavy atom. The van der Waals surface area contributed by atoms with E-state index >= 15 is 0 Å². The average molecular weight is 335 g/mol. The molecule has 2 aromatic rings. The standard InChI is InChI=1S/C15H12BrFN2O/c1-19(11-4-3-5-12(8-11)20-2)13-7-6-10(9-18)14(16)15(13)17/h3-8H,1-2H3. The largest absolute Gasteiger partial charge is 0.497 e. The van der Waals surface area contributed by atoms with Gasteiger partial charge in [0.15, 0.2) is 5.82 Å². The molecule has 0 aromatic heterocycles. The predicted molar refractivity (Wildman–Crippen MR) is 79.9 cm³/mol. The molecule has 0 spiro atoms. The molecule has 0 N–H and O–H groups in total. The molecule has 0 aliphatic rings. The summed E-state index contributed by atoms with van der Waals surface area (Å²) in [4.78, 5) is 1.70. The Morgan fingerprint density at radius 1 is 1.30 bits per heavy atom. The molecule has 0 aliphatic heterocycles. The van der Waals surface area contributed by atoms with Crippen LogP contribution in [0.5, 0.6) is 5.75 Å². The minimum Gasteiger partial charge on any atom is -0.497 e. The van der Waals surface area contributed by atoms with Crippen molar-refractivity contribution in [2.45, 2.75) is 0 Å². The van der Waals surface area contributed by atoms with Gasteiger partial charge in [-0.25, -0.2) is 4.39 Å². The maximum Gasteiger partial charge on any atom is 0.162 e. The summed E-state index contributed by atoms with van der Waals surface area (Å²) in [7, 11) is 3.34. The van der Waals surface area contributed by atoms with E-state index in [0.29, 0.717) is 11.4 Å². The second kappa shape index (κ2) is 5.93. The van der Waals surface area contributed by atoms with Gasteiger partial charge in [-0.05, 0) is 40.2 Å². The summed E-state index contributed by atoms with van der Waals surface area (Å²) in [5.41, 5.74) is 1.44. The number of rotatable bonds is 3. The first kappa shape index (κ1) is 14.4. The third-order valence-corrected chi connectivity index (χ3v) is 3.76. The van der Waals surface area contributed by atoms with Crippen molar-refractivity contribution in [1.29, 1.82) is 5.26 Å². The summed E-state index contributed by atoms with van der Waals surface area (Å²) in [5.74, 6) is 0.233. The molecular formula is C15H12BrFN2O. The van der Waals surface area contributed by atoms with Crippen LogP contribution in [-0.4, -0.2) is 14.2 Å². The van der Waals surface area contributed by atoms with Crippen LogP contribution < -0.4 is 9.64 Å². The van der Waals surface area contributed by atoms with Crippen LogP contribution in [0.3, 0.4) is 0 Å². The second-order valence-corrected chi connectivity index (χ2v) is 4.93. The van der Waals surface area contributed by atoms with Crippen molar-refractivity contribution in [3.63, 3.8) is 0 Å². The van der Waals surface area contributed by atoms with E-state index in [1.165, 1.54) is 0 Å². The highest BCUT2D eigenvalue weighted by molar-refractivity contribution is 9.10.